The monoisotopic (exact) mass is 2170 g/mol. The van der Waals surface area contributed by atoms with Gasteiger partial charge in [0.2, 0.25) is 35.4 Å². The van der Waals surface area contributed by atoms with E-state index in [1.807, 2.05) is 145 Å². The first-order valence-corrected chi connectivity index (χ1v) is 52.9. The van der Waals surface area contributed by atoms with Gasteiger partial charge in [0, 0.05) is 117 Å². The second-order valence-electron chi connectivity index (χ2n) is 44.6. The fraction of sp³-hybridized carbons (Fsp3) is 0.598. The van der Waals surface area contributed by atoms with Crippen LogP contribution < -0.4 is 39.1 Å². The van der Waals surface area contributed by atoms with Gasteiger partial charge in [-0.15, -0.1) is 0 Å². The average molecular weight is 2170 g/mol. The first-order chi connectivity index (χ1) is 70.6. The fourth-order valence-electron chi connectivity index (χ4n) is 22.5. The topological polar surface area (TPSA) is 425 Å². The van der Waals surface area contributed by atoms with Crippen LogP contribution in [0, 0.1) is 57.7 Å². The standard InChI is InChI=1S/C39H50N5O6.C37H47N6O6.C36H45N6O6.3V/c1-6-28-33(23-45)44-22-34(28)49-36-31(42-30-15-14-27(19-32(30)43-36)48-24-26-21-40-17-18-41-26)13-9-7-8-11-25-12-10-16-39(25,5)50-35(46)20-29(37(44)47)38(2,3)4;1-5-26-30(21-44)43-20-32(26)48-34-28(40-27-15-14-25(18-29(27)41-34)47-22-24-19-38-16-17-39-24)12-8-6-7-10-23-11-9-13-31(23)49-36(46)42-33(35(43)45)37(2,3)4;1-6-25-29(20-43)42-19-30(25)47-32-27(39-26-13-12-24(16-28(26)40-32)46-21-23-18-37-14-15-38-23)11-9-7-8-10-22-17-36(22,5)48-34(45)41-31(33(42)44)35(2,3)4;;;/h14-15,17-19,21,25,28-29,33-34H,6-13,16,20,22,24H2,1-5H3;14-19,23,26,30-33H,5-13,20,22H2,1-4H3,(H,42,46);12-16,18,22,25,29-31H,6-11,17,19,21H2,1-5H3,(H,41,45);;;/q3*-1;;;/t25-,28+,29-,33-,34+,39-;23-,26+,30-,31-,32+,33-;22-,25+,29-,30+,31-,36-;;;/m111.../s1. The molecule has 3 aromatic carbocycles. The number of aryl methyl sites for hydroxylation is 3. The Balaban J connectivity index is 0.000000186. The van der Waals surface area contributed by atoms with Gasteiger partial charge in [0.25, 0.3) is 0 Å². The molecule has 3 saturated heterocycles. The Hall–Kier alpha value is -11.1. The van der Waals surface area contributed by atoms with E-state index >= 15 is 0 Å². The molecule has 35 nitrogen and oxygen atoms in total. The molecule has 6 bridgehead atoms. The van der Waals surface area contributed by atoms with Crippen LogP contribution in [0.3, 0.4) is 0 Å². The molecule has 6 fully saturated rings. The van der Waals surface area contributed by atoms with Crippen LogP contribution in [0.2, 0.25) is 0 Å². The van der Waals surface area contributed by atoms with Crippen LogP contribution in [0.1, 0.15) is 279 Å². The summed E-state index contributed by atoms with van der Waals surface area (Å²) < 4.78 is 56.1. The molecular formula is C112H142N17O18V3-3. The molecule has 5 amide bonds. The summed E-state index contributed by atoms with van der Waals surface area (Å²) in [6, 6.07) is 12.4. The van der Waals surface area contributed by atoms with Crippen molar-refractivity contribution in [2.45, 2.75) is 350 Å². The molecule has 3 radical (unpaired) electrons. The second-order valence-corrected chi connectivity index (χ2v) is 44.6. The van der Waals surface area contributed by atoms with Gasteiger partial charge >= 0.3 is 18.2 Å². The van der Waals surface area contributed by atoms with Crippen molar-refractivity contribution in [1.82, 2.24) is 85.1 Å². The molecule has 0 unspecified atom stereocenters. The normalized spacial score (nSPS) is 27.2. The summed E-state index contributed by atoms with van der Waals surface area (Å²) in [6.07, 6.45) is 39.8. The van der Waals surface area contributed by atoms with E-state index in [1.54, 1.807) is 60.7 Å². The smallest absolute Gasteiger partial charge is 0.408 e. The Morgan fingerprint density at radius 3 is 1.16 bits per heavy atom. The third-order valence-corrected chi connectivity index (χ3v) is 31.1. The summed E-state index contributed by atoms with van der Waals surface area (Å²) in [7, 11) is 0. The molecule has 9 aliphatic rings. The van der Waals surface area contributed by atoms with E-state index in [1.165, 1.54) is 9.80 Å². The molecule has 0 spiro atoms. The summed E-state index contributed by atoms with van der Waals surface area (Å²) in [5.41, 5.74) is 5.41. The van der Waals surface area contributed by atoms with Crippen molar-refractivity contribution >= 4 is 87.8 Å². The van der Waals surface area contributed by atoms with E-state index in [0.717, 1.165) is 156 Å². The van der Waals surface area contributed by atoms with E-state index < -0.39 is 94.1 Å². The first-order valence-electron chi connectivity index (χ1n) is 52.9. The van der Waals surface area contributed by atoms with Crippen LogP contribution in [0.25, 0.3) is 33.1 Å². The van der Waals surface area contributed by atoms with Crippen LogP contribution in [-0.4, -0.2) is 215 Å². The number of carbonyl (C=O) groups is 6. The molecule has 6 aliphatic heterocycles. The van der Waals surface area contributed by atoms with Gasteiger partial charge in [-0.2, -0.15) is 0 Å². The third-order valence-electron chi connectivity index (χ3n) is 31.1. The number of fused-ring (bicyclic) bond motifs is 15. The molecule has 18 rings (SSSR count). The summed E-state index contributed by atoms with van der Waals surface area (Å²) in [5, 5.41) is 5.73. The van der Waals surface area contributed by atoms with Crippen molar-refractivity contribution in [1.29, 1.82) is 0 Å². The van der Waals surface area contributed by atoms with Crippen LogP contribution in [0.4, 0.5) is 9.59 Å². The molecular weight excluding hydrogens is 2020 g/mol. The molecule has 801 valence electrons. The maximum absolute atomic E-state index is 14.4. The zero-order chi connectivity index (χ0) is 104. The Bertz CT molecular complexity index is 6140. The van der Waals surface area contributed by atoms with Gasteiger partial charge < -0.3 is 82.3 Å². The molecule has 3 saturated carbocycles. The summed E-state index contributed by atoms with van der Waals surface area (Å²) >= 11 is 0. The molecule has 6 aromatic heterocycles. The van der Waals surface area contributed by atoms with Gasteiger partial charge in [-0.1, -0.05) is 159 Å². The SMILES string of the molecule is CC[C@@H]1[C@@H]2CN(C(=O)[C@H](C(C)(C)C)CC(=O)O[C@]3(C)CCC[C@H]3CCCCCc3nc4ccc(OCc5cnccn5)cc4nc3O2)[C@@H]1[C-]=O.CC[C@@H]1[C@@H]2CN(C(=O)[C@H](C(C)(C)C)NC(=O)O[C@@H]3CCC[C@H]3CCCCCc3nc4ccc(OCc5cnccn5)cc4nc3O2)[C@@H]1[C-]=O.CC[C@@H]1[C@@H]2CN(C(=O)[C@H](C(C)(C)C)NC(=O)O[C@]3(C)C[C@H]3CCCCCc3nc4ccc(OCc5cnccn5)cc4nc3O2)[C@@H]1[C-]=O.[V].[V].[V]. The maximum atomic E-state index is 14.4. The van der Waals surface area contributed by atoms with Crippen LogP contribution >= 0.6 is 0 Å². The Morgan fingerprint density at radius 1 is 0.400 bits per heavy atom. The Labute approximate surface area is 914 Å². The largest absolute Gasteiger partial charge is 0.540 e. The first kappa shape index (κ1) is 116. The van der Waals surface area contributed by atoms with E-state index in [2.05, 4.69) is 66.3 Å². The van der Waals surface area contributed by atoms with Crippen LogP contribution in [0.15, 0.2) is 110 Å². The number of hydrogen-bond acceptors (Lipinski definition) is 30. The molecule has 18 atom stereocenters. The quantitative estimate of drug-likeness (QED) is 0.0547. The molecule has 38 heteroatoms. The Morgan fingerprint density at radius 2 is 0.780 bits per heavy atom. The van der Waals surface area contributed by atoms with Crippen molar-refractivity contribution in [3.63, 3.8) is 0 Å². The molecule has 9 aromatic rings. The zero-order valence-electron chi connectivity index (χ0n) is 88.7. The van der Waals surface area contributed by atoms with Gasteiger partial charge in [0.15, 0.2) is 0 Å². The van der Waals surface area contributed by atoms with Crippen LogP contribution in [-0.2, 0) is 143 Å². The minimum absolute atomic E-state index is 0. The number of carbonyl (C=O) groups excluding carboxylic acids is 9. The summed E-state index contributed by atoms with van der Waals surface area (Å²) in [4.78, 5) is 180. The second kappa shape index (κ2) is 51.6. The predicted octanol–water partition coefficient (Wildman–Crippen LogP) is 17.0. The molecule has 3 aliphatic carbocycles. The fourth-order valence-corrected chi connectivity index (χ4v) is 22.5. The number of benzene rings is 3. The molecule has 2 N–H and O–H groups in total. The van der Waals surface area contributed by atoms with Crippen molar-refractivity contribution in [3.05, 3.63) is 145 Å². The van der Waals surface area contributed by atoms with Gasteiger partial charge in [-0.05, 0) is 199 Å². The number of nitrogens with zero attached hydrogens (tertiary/aromatic N) is 15. The zero-order valence-corrected chi connectivity index (χ0v) is 92.8. The minimum atomic E-state index is -0.923. The number of amides is 5. The van der Waals surface area contributed by atoms with Gasteiger partial charge in [-0.25, -0.2) is 58.4 Å². The summed E-state index contributed by atoms with van der Waals surface area (Å²) in [5.74, 6) is 0.869. The van der Waals surface area contributed by atoms with Crippen molar-refractivity contribution in [3.8, 4) is 34.9 Å². The number of nitrogens with one attached hydrogen (secondary N) is 2. The average Bonchev–Trinajstić information content (AvgIpc) is 1.60. The van der Waals surface area contributed by atoms with Crippen molar-refractivity contribution in [2.75, 3.05) is 19.6 Å². The van der Waals surface area contributed by atoms with E-state index in [0.29, 0.717) is 107 Å². The maximum Gasteiger partial charge on any atom is 0.408 e. The van der Waals surface area contributed by atoms with E-state index in [9.17, 15) is 43.2 Å². The number of hydrogen-bond donors (Lipinski definition) is 2. The van der Waals surface area contributed by atoms with E-state index in [4.69, 9.17) is 72.5 Å². The van der Waals surface area contributed by atoms with Crippen molar-refractivity contribution in [2.24, 2.45) is 57.7 Å². The number of rotatable bonds is 15. The number of ether oxygens (including phenoxy) is 9. The number of alkyl carbamates (subject to hydrolysis) is 2. The number of aromatic nitrogens is 12. The van der Waals surface area contributed by atoms with Gasteiger partial charge in [0.05, 0.1) is 101 Å². The predicted molar refractivity (Wildman–Crippen MR) is 545 cm³/mol. The van der Waals surface area contributed by atoms with Crippen molar-refractivity contribution < 1.29 is 141 Å². The van der Waals surface area contributed by atoms with Crippen LogP contribution in [0.5, 0.6) is 34.9 Å². The minimum Gasteiger partial charge on any atom is -0.540 e. The number of esters is 1. The molecule has 150 heavy (non-hydrogen) atoms. The third kappa shape index (κ3) is 28.3. The molecule has 12 heterocycles. The van der Waals surface area contributed by atoms with E-state index in [-0.39, 0.29) is 167 Å². The summed E-state index contributed by atoms with van der Waals surface area (Å²) in [6.45, 7) is 28.4. The van der Waals surface area contributed by atoms with Gasteiger partial charge in [-0.3, -0.25) is 49.1 Å². The Kier molecular flexibility index (Phi) is 39.9. The van der Waals surface area contributed by atoms with Gasteiger partial charge in [0.1, 0.15) is 102 Å².